The Hall–Kier alpha value is -1.00. The number of aromatic nitrogens is 1. The highest BCUT2D eigenvalue weighted by atomic mass is 35.5. The number of rotatable bonds is 1. The lowest BCUT2D eigenvalue weighted by Gasteiger charge is -2.14. The van der Waals surface area contributed by atoms with Crippen molar-refractivity contribution in [3.63, 3.8) is 0 Å². The van der Waals surface area contributed by atoms with Crippen LogP contribution < -0.4 is 10.5 Å². The van der Waals surface area contributed by atoms with Gasteiger partial charge in [0.25, 0.3) is 5.56 Å². The third kappa shape index (κ3) is 2.01. The SMILES string of the molecule is O=C1CC(Cl)CN1c1cc(Cl)c[nH]c1=O. The summed E-state index contributed by atoms with van der Waals surface area (Å²) in [4.78, 5) is 26.8. The second-order valence-electron chi connectivity index (χ2n) is 3.34. The molecule has 0 radical (unpaired) electrons. The lowest BCUT2D eigenvalue weighted by Crippen LogP contribution is -2.30. The summed E-state index contributed by atoms with van der Waals surface area (Å²) in [6, 6.07) is 1.47. The molecule has 4 nitrogen and oxygen atoms in total. The molecule has 2 heterocycles. The molecule has 1 saturated heterocycles. The first-order valence-corrected chi connectivity index (χ1v) is 5.22. The second-order valence-corrected chi connectivity index (χ2v) is 4.39. The smallest absolute Gasteiger partial charge is 0.272 e. The van der Waals surface area contributed by atoms with Crippen LogP contribution >= 0.6 is 23.2 Å². The van der Waals surface area contributed by atoms with Crippen LogP contribution in [0.15, 0.2) is 17.1 Å². The van der Waals surface area contributed by atoms with Crippen LogP contribution in [0.3, 0.4) is 0 Å². The third-order valence-corrected chi connectivity index (χ3v) is 2.73. The van der Waals surface area contributed by atoms with Crippen LogP contribution in [0.1, 0.15) is 6.42 Å². The molecule has 1 aromatic heterocycles. The van der Waals surface area contributed by atoms with Crippen molar-refractivity contribution < 1.29 is 4.79 Å². The van der Waals surface area contributed by atoms with Gasteiger partial charge in [-0.05, 0) is 6.07 Å². The normalized spacial score (nSPS) is 21.1. The Bertz CT molecular complexity index is 458. The number of carbonyl (C=O) groups excluding carboxylic acids is 1. The van der Waals surface area contributed by atoms with Gasteiger partial charge in [-0.2, -0.15) is 0 Å². The number of pyridine rings is 1. The number of anilines is 1. The summed E-state index contributed by atoms with van der Waals surface area (Å²) in [5, 5.41) is 0.145. The Kier molecular flexibility index (Phi) is 2.71. The van der Waals surface area contributed by atoms with Crippen LogP contribution in [0.25, 0.3) is 0 Å². The zero-order valence-electron chi connectivity index (χ0n) is 7.67. The summed E-state index contributed by atoms with van der Waals surface area (Å²) < 4.78 is 0. The number of hydrogen-bond acceptors (Lipinski definition) is 2. The minimum Gasteiger partial charge on any atom is -0.326 e. The topological polar surface area (TPSA) is 53.2 Å². The van der Waals surface area contributed by atoms with E-state index in [0.717, 1.165) is 0 Å². The fourth-order valence-electron chi connectivity index (χ4n) is 1.54. The van der Waals surface area contributed by atoms with Gasteiger partial charge < -0.3 is 9.88 Å². The van der Waals surface area contributed by atoms with Crippen molar-refractivity contribution in [2.45, 2.75) is 11.8 Å². The number of hydrogen-bond donors (Lipinski definition) is 1. The Morgan fingerprint density at radius 3 is 2.80 bits per heavy atom. The van der Waals surface area contributed by atoms with Crippen LogP contribution in [0.2, 0.25) is 5.02 Å². The van der Waals surface area contributed by atoms with Crippen molar-refractivity contribution in [3.05, 3.63) is 27.6 Å². The predicted octanol–water partition coefficient (Wildman–Crippen LogP) is 1.37. The van der Waals surface area contributed by atoms with Crippen LogP contribution in [-0.4, -0.2) is 22.8 Å². The Morgan fingerprint density at radius 1 is 1.47 bits per heavy atom. The van der Waals surface area contributed by atoms with Crippen molar-refractivity contribution in [3.8, 4) is 0 Å². The molecular weight excluding hydrogens is 239 g/mol. The van der Waals surface area contributed by atoms with E-state index < -0.39 is 0 Å². The zero-order chi connectivity index (χ0) is 11.0. The molecule has 80 valence electrons. The van der Waals surface area contributed by atoms with Gasteiger partial charge in [0.15, 0.2) is 0 Å². The summed E-state index contributed by atoms with van der Waals surface area (Å²) in [6.07, 6.45) is 1.64. The minimum atomic E-state index is -0.335. The molecule has 6 heteroatoms. The number of nitrogens with one attached hydrogen (secondary N) is 1. The summed E-state index contributed by atoms with van der Waals surface area (Å²) in [6.45, 7) is 0.351. The minimum absolute atomic E-state index is 0.150. The lowest BCUT2D eigenvalue weighted by molar-refractivity contribution is -0.117. The predicted molar refractivity (Wildman–Crippen MR) is 58.7 cm³/mol. The maximum Gasteiger partial charge on any atom is 0.272 e. The first-order chi connectivity index (χ1) is 7.08. The average molecular weight is 247 g/mol. The summed E-state index contributed by atoms with van der Waals surface area (Å²) in [7, 11) is 0. The van der Waals surface area contributed by atoms with E-state index in [1.165, 1.54) is 17.2 Å². The molecule has 1 fully saturated rings. The fourth-order valence-corrected chi connectivity index (χ4v) is 1.97. The molecule has 0 aromatic carbocycles. The highest BCUT2D eigenvalue weighted by molar-refractivity contribution is 6.30. The molecule has 0 bridgehead atoms. The molecule has 1 aliphatic heterocycles. The summed E-state index contributed by atoms with van der Waals surface area (Å²) in [5.74, 6) is -0.150. The molecule has 1 atom stereocenters. The molecule has 0 saturated carbocycles. The molecule has 1 aromatic rings. The van der Waals surface area contributed by atoms with E-state index in [1.54, 1.807) is 0 Å². The van der Waals surface area contributed by atoms with E-state index in [0.29, 0.717) is 11.6 Å². The van der Waals surface area contributed by atoms with E-state index in [4.69, 9.17) is 23.2 Å². The van der Waals surface area contributed by atoms with Gasteiger partial charge in [-0.1, -0.05) is 11.6 Å². The van der Waals surface area contributed by atoms with E-state index >= 15 is 0 Å². The molecule has 1 N–H and O–H groups in total. The molecule has 1 amide bonds. The van der Waals surface area contributed by atoms with Crippen molar-refractivity contribution in [1.29, 1.82) is 0 Å². The van der Waals surface area contributed by atoms with Crippen LogP contribution in [0.4, 0.5) is 5.69 Å². The van der Waals surface area contributed by atoms with Crippen molar-refractivity contribution in [1.82, 2.24) is 4.98 Å². The summed E-state index contributed by atoms with van der Waals surface area (Å²) >= 11 is 11.6. The molecule has 15 heavy (non-hydrogen) atoms. The maximum absolute atomic E-state index is 11.5. The second kappa shape index (κ2) is 3.87. The highest BCUT2D eigenvalue weighted by Gasteiger charge is 2.30. The Morgan fingerprint density at radius 2 is 2.20 bits per heavy atom. The zero-order valence-corrected chi connectivity index (χ0v) is 9.18. The van der Waals surface area contributed by atoms with Gasteiger partial charge in [0, 0.05) is 19.2 Å². The van der Waals surface area contributed by atoms with Gasteiger partial charge in [-0.15, -0.1) is 11.6 Å². The summed E-state index contributed by atoms with van der Waals surface area (Å²) in [5.41, 5.74) is -0.0748. The first kappa shape index (κ1) is 10.5. The third-order valence-electron chi connectivity index (χ3n) is 2.22. The van der Waals surface area contributed by atoms with Gasteiger partial charge >= 0.3 is 0 Å². The van der Waals surface area contributed by atoms with Crippen LogP contribution in [0, 0.1) is 0 Å². The van der Waals surface area contributed by atoms with Gasteiger partial charge in [-0.3, -0.25) is 9.59 Å². The van der Waals surface area contributed by atoms with Crippen LogP contribution in [-0.2, 0) is 4.79 Å². The number of nitrogens with zero attached hydrogens (tertiary/aromatic N) is 1. The highest BCUT2D eigenvalue weighted by Crippen LogP contribution is 2.22. The Labute approximate surface area is 95.8 Å². The first-order valence-electron chi connectivity index (χ1n) is 4.40. The number of amides is 1. The number of H-pyrrole nitrogens is 1. The van der Waals surface area contributed by atoms with Crippen molar-refractivity contribution >= 4 is 34.8 Å². The van der Waals surface area contributed by atoms with Crippen molar-refractivity contribution in [2.24, 2.45) is 0 Å². The van der Waals surface area contributed by atoms with Gasteiger partial charge in [0.05, 0.1) is 10.4 Å². The number of aromatic amines is 1. The average Bonchev–Trinajstić information content (AvgIpc) is 2.50. The molecule has 0 aliphatic carbocycles. The maximum atomic E-state index is 11.5. The number of alkyl halides is 1. The molecule has 0 spiro atoms. The lowest BCUT2D eigenvalue weighted by atomic mass is 10.4. The van der Waals surface area contributed by atoms with Gasteiger partial charge in [0.2, 0.25) is 5.91 Å². The molecule has 2 rings (SSSR count). The largest absolute Gasteiger partial charge is 0.326 e. The molecular formula is C9H8Cl2N2O2. The molecule has 1 unspecified atom stereocenters. The number of halogens is 2. The van der Waals surface area contributed by atoms with E-state index in [1.807, 2.05) is 0 Å². The van der Waals surface area contributed by atoms with E-state index in [2.05, 4.69) is 4.98 Å². The van der Waals surface area contributed by atoms with Gasteiger partial charge in [0.1, 0.15) is 5.69 Å². The van der Waals surface area contributed by atoms with E-state index in [9.17, 15) is 9.59 Å². The van der Waals surface area contributed by atoms with Crippen molar-refractivity contribution in [2.75, 3.05) is 11.4 Å². The number of carbonyl (C=O) groups is 1. The van der Waals surface area contributed by atoms with E-state index in [-0.39, 0.29) is 29.0 Å². The standard InChI is InChI=1S/C9H8Cl2N2O2/c10-5-1-7(9(15)12-3-5)13-4-6(11)2-8(13)14/h1,3,6H,2,4H2,(H,12,15). The fraction of sp³-hybridized carbons (Fsp3) is 0.333. The van der Waals surface area contributed by atoms with Crippen LogP contribution in [0.5, 0.6) is 0 Å². The van der Waals surface area contributed by atoms with Gasteiger partial charge in [-0.25, -0.2) is 0 Å². The quantitative estimate of drug-likeness (QED) is 0.762. The Balaban J connectivity index is 2.41. The monoisotopic (exact) mass is 246 g/mol. The molecule has 1 aliphatic rings.